The highest BCUT2D eigenvalue weighted by atomic mass is 16.4. The number of H-pyrrole nitrogens is 1. The van der Waals surface area contributed by atoms with Crippen LogP contribution in [0, 0.1) is 0 Å². The third-order valence-corrected chi connectivity index (χ3v) is 5.65. The fraction of sp³-hybridized carbons (Fsp3) is 0.348. The number of likely N-dealkylation sites (tertiary alicyclic amines) is 1. The van der Waals surface area contributed by atoms with Gasteiger partial charge in [0.25, 0.3) is 5.91 Å². The number of aromatic nitrogens is 3. The number of benzene rings is 1. The molecule has 0 bridgehead atoms. The van der Waals surface area contributed by atoms with Gasteiger partial charge in [-0.1, -0.05) is 30.3 Å². The lowest BCUT2D eigenvalue weighted by atomic mass is 10.0. The lowest BCUT2D eigenvalue weighted by Crippen LogP contribution is -2.46. The van der Waals surface area contributed by atoms with Gasteiger partial charge in [0.2, 0.25) is 5.91 Å². The molecule has 3 aromatic rings. The number of rotatable bonds is 7. The summed E-state index contributed by atoms with van der Waals surface area (Å²) >= 11 is 0. The standard InChI is InChI=1S/C23H27N7O4/c1-14(31)24-9-10-25-20-17-13-18(22(32)30-11-7-16(8-12-30)26-23(33)34)27-21(17)29-19(28-20)15-5-3-2-4-6-15/h2-6,13,16,26H,7-12H2,1H3,(H,24,31)(H,33,34)(H2,25,27,28,29). The van der Waals surface area contributed by atoms with Crippen molar-refractivity contribution in [3.05, 3.63) is 42.1 Å². The molecule has 1 aromatic carbocycles. The van der Waals surface area contributed by atoms with E-state index < -0.39 is 6.09 Å². The molecule has 3 heterocycles. The number of fused-ring (bicyclic) bond motifs is 1. The number of hydrogen-bond acceptors (Lipinski definition) is 6. The van der Waals surface area contributed by atoms with Gasteiger partial charge in [0, 0.05) is 44.7 Å². The van der Waals surface area contributed by atoms with E-state index in [2.05, 4.69) is 30.9 Å². The molecule has 1 aliphatic rings. The predicted molar refractivity (Wildman–Crippen MR) is 127 cm³/mol. The van der Waals surface area contributed by atoms with Crippen molar-refractivity contribution in [2.24, 2.45) is 0 Å². The van der Waals surface area contributed by atoms with Crippen LogP contribution in [0.5, 0.6) is 0 Å². The molecule has 0 atom stereocenters. The Kier molecular flexibility index (Phi) is 6.90. The maximum Gasteiger partial charge on any atom is 0.404 e. The van der Waals surface area contributed by atoms with Crippen LogP contribution in [-0.4, -0.2) is 75.1 Å². The predicted octanol–water partition coefficient (Wildman–Crippen LogP) is 2.05. The topological polar surface area (TPSA) is 152 Å². The first-order valence-corrected chi connectivity index (χ1v) is 11.1. The van der Waals surface area contributed by atoms with Crippen LogP contribution in [0.2, 0.25) is 0 Å². The van der Waals surface area contributed by atoms with Crippen LogP contribution in [0.3, 0.4) is 0 Å². The minimum Gasteiger partial charge on any atom is -0.465 e. The molecule has 2 aromatic heterocycles. The Bertz CT molecular complexity index is 1190. The Morgan fingerprint density at radius 1 is 1.12 bits per heavy atom. The number of amides is 3. The summed E-state index contributed by atoms with van der Waals surface area (Å²) in [5.74, 6) is 0.791. The van der Waals surface area contributed by atoms with E-state index >= 15 is 0 Å². The second-order valence-corrected chi connectivity index (χ2v) is 8.13. The van der Waals surface area contributed by atoms with Crippen LogP contribution in [0.15, 0.2) is 36.4 Å². The molecule has 11 heteroatoms. The number of carboxylic acid groups (broad SMARTS) is 1. The van der Waals surface area contributed by atoms with Crippen molar-refractivity contribution in [1.82, 2.24) is 30.5 Å². The third kappa shape index (κ3) is 5.42. The van der Waals surface area contributed by atoms with E-state index in [9.17, 15) is 14.4 Å². The summed E-state index contributed by atoms with van der Waals surface area (Å²) in [6.45, 7) is 3.26. The number of piperidine rings is 1. The highest BCUT2D eigenvalue weighted by Gasteiger charge is 2.26. The summed E-state index contributed by atoms with van der Waals surface area (Å²) in [5.41, 5.74) is 1.76. The number of aromatic amines is 1. The normalized spacial score (nSPS) is 14.1. The molecule has 1 aliphatic heterocycles. The minimum absolute atomic E-state index is 0.114. The molecule has 3 amide bonds. The monoisotopic (exact) mass is 465 g/mol. The molecule has 5 N–H and O–H groups in total. The van der Waals surface area contributed by atoms with E-state index in [1.54, 1.807) is 11.0 Å². The minimum atomic E-state index is -1.05. The fourth-order valence-corrected chi connectivity index (χ4v) is 3.97. The van der Waals surface area contributed by atoms with Gasteiger partial charge < -0.3 is 30.9 Å². The first-order chi connectivity index (χ1) is 16.4. The Hall–Kier alpha value is -4.15. The molecule has 0 aliphatic carbocycles. The van der Waals surface area contributed by atoms with Gasteiger partial charge in [-0.05, 0) is 18.9 Å². The van der Waals surface area contributed by atoms with Crippen molar-refractivity contribution < 1.29 is 19.5 Å². The Balaban J connectivity index is 1.58. The zero-order valence-corrected chi connectivity index (χ0v) is 18.8. The van der Waals surface area contributed by atoms with Crippen molar-refractivity contribution in [2.75, 3.05) is 31.5 Å². The van der Waals surface area contributed by atoms with Crippen LogP contribution in [-0.2, 0) is 4.79 Å². The van der Waals surface area contributed by atoms with E-state index in [4.69, 9.17) is 5.11 Å². The maximum absolute atomic E-state index is 13.1. The number of nitrogens with zero attached hydrogens (tertiary/aromatic N) is 3. The van der Waals surface area contributed by atoms with Gasteiger partial charge in [0.1, 0.15) is 17.2 Å². The largest absolute Gasteiger partial charge is 0.465 e. The highest BCUT2D eigenvalue weighted by molar-refractivity contribution is 6.00. The number of nitrogens with one attached hydrogen (secondary N) is 4. The maximum atomic E-state index is 13.1. The van der Waals surface area contributed by atoms with E-state index in [-0.39, 0.29) is 17.9 Å². The fourth-order valence-electron chi connectivity index (χ4n) is 3.97. The summed E-state index contributed by atoms with van der Waals surface area (Å²) in [7, 11) is 0. The van der Waals surface area contributed by atoms with Gasteiger partial charge in [-0.25, -0.2) is 14.8 Å². The summed E-state index contributed by atoms with van der Waals surface area (Å²) < 4.78 is 0. The van der Waals surface area contributed by atoms with E-state index in [1.807, 2.05) is 30.3 Å². The van der Waals surface area contributed by atoms with Crippen LogP contribution in [0.1, 0.15) is 30.3 Å². The summed E-state index contributed by atoms with van der Waals surface area (Å²) in [5, 5.41) is 18.0. The first-order valence-electron chi connectivity index (χ1n) is 11.1. The summed E-state index contributed by atoms with van der Waals surface area (Å²) in [4.78, 5) is 49.3. The molecule has 178 valence electrons. The van der Waals surface area contributed by atoms with Gasteiger partial charge in [-0.2, -0.15) is 0 Å². The Morgan fingerprint density at radius 3 is 2.53 bits per heavy atom. The summed E-state index contributed by atoms with van der Waals surface area (Å²) in [6, 6.07) is 11.1. The van der Waals surface area contributed by atoms with E-state index in [1.165, 1.54) is 6.92 Å². The van der Waals surface area contributed by atoms with Gasteiger partial charge in [0.05, 0.1) is 5.39 Å². The number of hydrogen-bond donors (Lipinski definition) is 5. The van der Waals surface area contributed by atoms with Crippen molar-refractivity contribution in [2.45, 2.75) is 25.8 Å². The molecule has 0 spiro atoms. The summed E-state index contributed by atoms with van der Waals surface area (Å²) in [6.07, 6.45) is 0.0740. The lowest BCUT2D eigenvalue weighted by molar-refractivity contribution is -0.118. The molecule has 0 saturated carbocycles. The van der Waals surface area contributed by atoms with Crippen LogP contribution < -0.4 is 16.0 Å². The SMILES string of the molecule is CC(=O)NCCNc1nc(-c2ccccc2)nc2[nH]c(C(=O)N3CCC(NC(=O)O)CC3)cc12. The molecular weight excluding hydrogens is 438 g/mol. The van der Waals surface area contributed by atoms with Crippen LogP contribution in [0.4, 0.5) is 10.6 Å². The first kappa shape index (κ1) is 23.0. The van der Waals surface area contributed by atoms with Crippen LogP contribution >= 0.6 is 0 Å². The molecule has 1 saturated heterocycles. The molecule has 0 unspecified atom stereocenters. The van der Waals surface area contributed by atoms with E-state index in [0.29, 0.717) is 67.4 Å². The van der Waals surface area contributed by atoms with Crippen molar-refractivity contribution in [3.63, 3.8) is 0 Å². The van der Waals surface area contributed by atoms with Gasteiger partial charge in [0.15, 0.2) is 5.82 Å². The van der Waals surface area contributed by atoms with Gasteiger partial charge in [-0.15, -0.1) is 0 Å². The highest BCUT2D eigenvalue weighted by Crippen LogP contribution is 2.26. The number of carbonyl (C=O) groups is 3. The number of anilines is 1. The average Bonchev–Trinajstić information content (AvgIpc) is 3.26. The van der Waals surface area contributed by atoms with Crippen molar-refractivity contribution >= 4 is 34.8 Å². The second-order valence-electron chi connectivity index (χ2n) is 8.13. The Labute approximate surface area is 196 Å². The van der Waals surface area contributed by atoms with Gasteiger partial charge >= 0.3 is 6.09 Å². The van der Waals surface area contributed by atoms with E-state index in [0.717, 1.165) is 5.56 Å². The van der Waals surface area contributed by atoms with Crippen molar-refractivity contribution in [1.29, 1.82) is 0 Å². The smallest absolute Gasteiger partial charge is 0.404 e. The van der Waals surface area contributed by atoms with Crippen molar-refractivity contribution in [3.8, 4) is 11.4 Å². The second kappa shape index (κ2) is 10.2. The lowest BCUT2D eigenvalue weighted by Gasteiger charge is -2.31. The third-order valence-electron chi connectivity index (χ3n) is 5.65. The van der Waals surface area contributed by atoms with Gasteiger partial charge in [-0.3, -0.25) is 9.59 Å². The van der Waals surface area contributed by atoms with Crippen LogP contribution in [0.25, 0.3) is 22.4 Å². The zero-order valence-electron chi connectivity index (χ0n) is 18.8. The number of carbonyl (C=O) groups excluding carboxylic acids is 2. The molecular formula is C23H27N7O4. The molecule has 34 heavy (non-hydrogen) atoms. The quantitative estimate of drug-likeness (QED) is 0.335. The average molecular weight is 466 g/mol. The Morgan fingerprint density at radius 2 is 1.85 bits per heavy atom. The molecule has 1 fully saturated rings. The molecule has 0 radical (unpaired) electrons. The molecule has 11 nitrogen and oxygen atoms in total. The molecule has 4 rings (SSSR count). The zero-order chi connectivity index (χ0) is 24.1.